The molecular formula is C15H18N4O3. The second-order valence-corrected chi connectivity index (χ2v) is 5.87. The third-order valence-corrected chi connectivity index (χ3v) is 4.29. The largest absolute Gasteiger partial charge is 0.366 e. The van der Waals surface area contributed by atoms with Crippen LogP contribution in [0.15, 0.2) is 23.3 Å². The van der Waals surface area contributed by atoms with Crippen molar-refractivity contribution >= 4 is 22.3 Å². The molecule has 1 unspecified atom stereocenters. The summed E-state index contributed by atoms with van der Waals surface area (Å²) in [6, 6.07) is 3.00. The Morgan fingerprint density at radius 2 is 2.18 bits per heavy atom. The molecule has 0 bridgehead atoms. The number of fused-ring (bicyclic) bond motifs is 1. The summed E-state index contributed by atoms with van der Waals surface area (Å²) in [5, 5.41) is 11.7. The fourth-order valence-electron chi connectivity index (χ4n) is 3.00. The SMILES string of the molecule is CC1CCCN(c2cc3nc[nH]c(=O)c3cc2[N+](=O)[O-])CC1. The monoisotopic (exact) mass is 302 g/mol. The third-order valence-electron chi connectivity index (χ3n) is 4.29. The van der Waals surface area contributed by atoms with Gasteiger partial charge in [0.25, 0.3) is 11.2 Å². The van der Waals surface area contributed by atoms with Crippen LogP contribution in [0.1, 0.15) is 26.2 Å². The molecule has 7 heteroatoms. The number of benzene rings is 1. The molecule has 1 aromatic carbocycles. The summed E-state index contributed by atoms with van der Waals surface area (Å²) in [5.74, 6) is 0.630. The third kappa shape index (κ3) is 2.66. The van der Waals surface area contributed by atoms with Gasteiger partial charge in [0.15, 0.2) is 0 Å². The van der Waals surface area contributed by atoms with Gasteiger partial charge < -0.3 is 9.88 Å². The van der Waals surface area contributed by atoms with Crippen molar-refractivity contribution in [1.29, 1.82) is 0 Å². The minimum Gasteiger partial charge on any atom is -0.366 e. The van der Waals surface area contributed by atoms with Gasteiger partial charge in [0.1, 0.15) is 5.69 Å². The Morgan fingerprint density at radius 1 is 1.36 bits per heavy atom. The van der Waals surface area contributed by atoms with E-state index in [9.17, 15) is 14.9 Å². The Kier molecular flexibility index (Phi) is 3.79. The van der Waals surface area contributed by atoms with Gasteiger partial charge in [0.2, 0.25) is 0 Å². The number of hydrogen-bond donors (Lipinski definition) is 1. The minimum atomic E-state index is -0.421. The summed E-state index contributed by atoms with van der Waals surface area (Å²) in [6.45, 7) is 3.79. The molecule has 0 radical (unpaired) electrons. The van der Waals surface area contributed by atoms with E-state index in [1.165, 1.54) is 12.4 Å². The number of nitro groups is 1. The average Bonchev–Trinajstić information content (AvgIpc) is 2.71. The topological polar surface area (TPSA) is 92.1 Å². The van der Waals surface area contributed by atoms with Crippen molar-refractivity contribution in [2.45, 2.75) is 26.2 Å². The molecule has 1 aliphatic heterocycles. The maximum absolute atomic E-state index is 11.8. The van der Waals surface area contributed by atoms with Crippen LogP contribution in [0.25, 0.3) is 10.9 Å². The van der Waals surface area contributed by atoms with Crippen molar-refractivity contribution in [3.8, 4) is 0 Å². The molecule has 1 fully saturated rings. The van der Waals surface area contributed by atoms with E-state index in [0.29, 0.717) is 17.1 Å². The van der Waals surface area contributed by atoms with Crippen LogP contribution in [0.4, 0.5) is 11.4 Å². The van der Waals surface area contributed by atoms with Crippen molar-refractivity contribution < 1.29 is 4.92 Å². The van der Waals surface area contributed by atoms with Crippen LogP contribution in [0, 0.1) is 16.0 Å². The van der Waals surface area contributed by atoms with Crippen LogP contribution in [0.3, 0.4) is 0 Å². The lowest BCUT2D eigenvalue weighted by Crippen LogP contribution is -2.25. The van der Waals surface area contributed by atoms with Crippen LogP contribution >= 0.6 is 0 Å². The molecule has 0 spiro atoms. The highest BCUT2D eigenvalue weighted by molar-refractivity contribution is 5.87. The molecule has 0 saturated carbocycles. The first kappa shape index (κ1) is 14.5. The zero-order chi connectivity index (χ0) is 15.7. The van der Waals surface area contributed by atoms with E-state index in [1.54, 1.807) is 6.07 Å². The average molecular weight is 302 g/mol. The van der Waals surface area contributed by atoms with Crippen molar-refractivity contribution in [2.24, 2.45) is 5.92 Å². The molecule has 1 aromatic heterocycles. The van der Waals surface area contributed by atoms with E-state index in [1.807, 2.05) is 4.90 Å². The standard InChI is InChI=1S/C15H18N4O3/c1-10-3-2-5-18(6-4-10)13-8-12-11(7-14(13)19(21)22)15(20)17-9-16-12/h7-10H,2-6H2,1H3,(H,16,17,20). The van der Waals surface area contributed by atoms with Crippen LogP contribution in [-0.2, 0) is 0 Å². The fourth-order valence-corrected chi connectivity index (χ4v) is 3.00. The summed E-state index contributed by atoms with van der Waals surface area (Å²) in [4.78, 5) is 31.4. The first-order valence-corrected chi connectivity index (χ1v) is 7.47. The lowest BCUT2D eigenvalue weighted by molar-refractivity contribution is -0.384. The van der Waals surface area contributed by atoms with Gasteiger partial charge in [-0.05, 0) is 31.2 Å². The Bertz CT molecular complexity index is 771. The Labute approximate surface area is 127 Å². The number of anilines is 1. The highest BCUT2D eigenvalue weighted by atomic mass is 16.6. The van der Waals surface area contributed by atoms with Gasteiger partial charge in [0.05, 0.1) is 22.2 Å². The summed E-state index contributed by atoms with van der Waals surface area (Å²) in [7, 11) is 0. The van der Waals surface area contributed by atoms with Crippen molar-refractivity contribution in [1.82, 2.24) is 9.97 Å². The van der Waals surface area contributed by atoms with Gasteiger partial charge >= 0.3 is 0 Å². The van der Waals surface area contributed by atoms with Crippen molar-refractivity contribution in [3.05, 3.63) is 38.9 Å². The smallest absolute Gasteiger partial charge is 0.293 e. The summed E-state index contributed by atoms with van der Waals surface area (Å²) < 4.78 is 0. The zero-order valence-electron chi connectivity index (χ0n) is 12.4. The van der Waals surface area contributed by atoms with Gasteiger partial charge in [-0.15, -0.1) is 0 Å². The maximum Gasteiger partial charge on any atom is 0.293 e. The van der Waals surface area contributed by atoms with Crippen molar-refractivity contribution in [2.75, 3.05) is 18.0 Å². The number of H-pyrrole nitrogens is 1. The molecule has 0 amide bonds. The fraction of sp³-hybridized carbons (Fsp3) is 0.467. The molecule has 2 heterocycles. The van der Waals surface area contributed by atoms with Crippen LogP contribution in [0.5, 0.6) is 0 Å². The molecule has 22 heavy (non-hydrogen) atoms. The Morgan fingerprint density at radius 3 is 2.95 bits per heavy atom. The quantitative estimate of drug-likeness (QED) is 0.679. The second kappa shape index (κ2) is 5.75. The molecule has 1 aliphatic rings. The molecule has 1 atom stereocenters. The van der Waals surface area contributed by atoms with Crippen LogP contribution in [-0.4, -0.2) is 28.0 Å². The van der Waals surface area contributed by atoms with E-state index in [4.69, 9.17) is 0 Å². The number of nitrogens with zero attached hydrogens (tertiary/aromatic N) is 3. The first-order chi connectivity index (χ1) is 10.6. The van der Waals surface area contributed by atoms with Gasteiger partial charge in [0, 0.05) is 19.2 Å². The number of rotatable bonds is 2. The van der Waals surface area contributed by atoms with Gasteiger partial charge in [-0.1, -0.05) is 6.92 Å². The lowest BCUT2D eigenvalue weighted by Gasteiger charge is -2.22. The van der Waals surface area contributed by atoms with Gasteiger partial charge in [-0.2, -0.15) is 0 Å². The van der Waals surface area contributed by atoms with E-state index in [-0.39, 0.29) is 16.6 Å². The summed E-state index contributed by atoms with van der Waals surface area (Å²) in [5.41, 5.74) is 0.663. The Balaban J connectivity index is 2.12. The van der Waals surface area contributed by atoms with Gasteiger partial charge in [-0.25, -0.2) is 4.98 Å². The summed E-state index contributed by atoms with van der Waals surface area (Å²) >= 11 is 0. The maximum atomic E-state index is 11.8. The van der Waals surface area contributed by atoms with Gasteiger partial charge in [-0.3, -0.25) is 14.9 Å². The number of nitrogens with one attached hydrogen (secondary N) is 1. The predicted octanol–water partition coefficient (Wildman–Crippen LogP) is 2.46. The van der Waals surface area contributed by atoms with E-state index < -0.39 is 4.92 Å². The number of hydrogen-bond acceptors (Lipinski definition) is 5. The van der Waals surface area contributed by atoms with E-state index in [0.717, 1.165) is 32.4 Å². The van der Waals surface area contributed by atoms with Crippen molar-refractivity contribution in [3.63, 3.8) is 0 Å². The molecule has 1 saturated heterocycles. The molecule has 1 N–H and O–H groups in total. The molecule has 2 aromatic rings. The number of aromatic nitrogens is 2. The van der Waals surface area contributed by atoms with E-state index in [2.05, 4.69) is 16.9 Å². The van der Waals surface area contributed by atoms with Crippen LogP contribution in [0.2, 0.25) is 0 Å². The molecule has 3 rings (SSSR count). The predicted molar refractivity (Wildman–Crippen MR) is 84.2 cm³/mol. The highest BCUT2D eigenvalue weighted by Gasteiger charge is 2.23. The first-order valence-electron chi connectivity index (χ1n) is 7.47. The summed E-state index contributed by atoms with van der Waals surface area (Å²) in [6.07, 6.45) is 4.48. The normalized spacial score (nSPS) is 19.1. The molecule has 7 nitrogen and oxygen atoms in total. The lowest BCUT2D eigenvalue weighted by atomic mass is 10.0. The zero-order valence-corrected chi connectivity index (χ0v) is 12.4. The van der Waals surface area contributed by atoms with Crippen LogP contribution < -0.4 is 10.5 Å². The van der Waals surface area contributed by atoms with E-state index >= 15 is 0 Å². The molecule has 0 aliphatic carbocycles. The number of nitro benzene ring substituents is 1. The molecular weight excluding hydrogens is 284 g/mol. The second-order valence-electron chi connectivity index (χ2n) is 5.87. The Hall–Kier alpha value is -2.44. The number of aromatic amines is 1. The minimum absolute atomic E-state index is 0.0273. The molecule has 116 valence electrons. The highest BCUT2D eigenvalue weighted by Crippen LogP contribution is 2.33.